The Bertz CT molecular complexity index is 408. The number of alkyl halides is 3. The lowest BCUT2D eigenvalue weighted by atomic mass is 10.1. The Hall–Kier alpha value is -1.76. The van der Waals surface area contributed by atoms with Crippen LogP contribution in [0.15, 0.2) is 24.3 Å². The van der Waals surface area contributed by atoms with Crippen LogP contribution in [0.2, 0.25) is 0 Å². The van der Waals surface area contributed by atoms with Crippen molar-refractivity contribution in [3.05, 3.63) is 35.4 Å². The Balaban J connectivity index is 2.50. The number of hydrogen-bond donors (Lipinski definition) is 2. The summed E-state index contributed by atoms with van der Waals surface area (Å²) in [5.74, 6) is 0. The van der Waals surface area contributed by atoms with Gasteiger partial charge in [-0.2, -0.15) is 13.2 Å². The van der Waals surface area contributed by atoms with Gasteiger partial charge in [-0.05, 0) is 11.6 Å². The summed E-state index contributed by atoms with van der Waals surface area (Å²) in [4.78, 5) is 10.2. The number of amides is 1. The molecular weight excluding hydrogens is 249 g/mol. The number of primary amides is 1. The van der Waals surface area contributed by atoms with Crippen LogP contribution in [-0.2, 0) is 17.5 Å². The van der Waals surface area contributed by atoms with E-state index in [1.165, 1.54) is 18.2 Å². The molecule has 0 aliphatic rings. The van der Waals surface area contributed by atoms with E-state index in [4.69, 9.17) is 5.73 Å². The maximum Gasteiger partial charge on any atom is 0.416 e. The molecule has 1 aromatic carbocycles. The minimum atomic E-state index is -4.37. The van der Waals surface area contributed by atoms with Crippen molar-refractivity contribution in [2.45, 2.75) is 12.7 Å². The fraction of sp³-hybridized carbons (Fsp3) is 0.364. The van der Waals surface area contributed by atoms with E-state index >= 15 is 0 Å². The highest BCUT2D eigenvalue weighted by Gasteiger charge is 2.32. The first-order valence-corrected chi connectivity index (χ1v) is 5.19. The number of benzene rings is 1. The van der Waals surface area contributed by atoms with Crippen LogP contribution in [0.1, 0.15) is 11.1 Å². The van der Waals surface area contributed by atoms with Gasteiger partial charge in [0, 0.05) is 13.1 Å². The van der Waals surface area contributed by atoms with E-state index in [-0.39, 0.29) is 25.3 Å². The molecule has 0 atom stereocenters. The van der Waals surface area contributed by atoms with Crippen LogP contribution in [0.4, 0.5) is 18.0 Å². The highest BCUT2D eigenvalue weighted by Crippen LogP contribution is 2.31. The van der Waals surface area contributed by atoms with Crippen LogP contribution in [-0.4, -0.2) is 19.2 Å². The van der Waals surface area contributed by atoms with Crippen molar-refractivity contribution in [1.82, 2.24) is 5.32 Å². The van der Waals surface area contributed by atoms with E-state index < -0.39 is 17.8 Å². The first kappa shape index (κ1) is 14.3. The predicted molar refractivity (Wildman–Crippen MR) is 58.7 cm³/mol. The molecule has 3 N–H and O–H groups in total. The Labute approximate surface area is 102 Å². The number of carbonyl (C=O) groups excluding carboxylic acids is 1. The zero-order valence-corrected chi connectivity index (χ0v) is 9.46. The van der Waals surface area contributed by atoms with Crippen LogP contribution < -0.4 is 11.1 Å². The predicted octanol–water partition coefficient (Wildman–Crippen LogP) is 1.89. The highest BCUT2D eigenvalue weighted by molar-refractivity contribution is 5.64. The summed E-state index contributed by atoms with van der Waals surface area (Å²) in [5.41, 5.74) is 4.20. The molecule has 0 aliphatic carbocycles. The van der Waals surface area contributed by atoms with Crippen molar-refractivity contribution in [1.29, 1.82) is 0 Å². The number of rotatable bonds is 5. The van der Waals surface area contributed by atoms with E-state index in [9.17, 15) is 18.0 Å². The molecule has 0 unspecified atom stereocenters. The van der Waals surface area contributed by atoms with Crippen LogP contribution in [0.3, 0.4) is 0 Å². The number of halogens is 3. The number of nitrogens with two attached hydrogens (primary N) is 1. The second kappa shape index (κ2) is 6.25. The van der Waals surface area contributed by atoms with Crippen molar-refractivity contribution in [2.75, 3.05) is 13.2 Å². The quantitative estimate of drug-likeness (QED) is 0.796. The molecule has 0 saturated carbocycles. The lowest BCUT2D eigenvalue weighted by Crippen LogP contribution is -2.24. The van der Waals surface area contributed by atoms with Crippen LogP contribution in [0.5, 0.6) is 0 Å². The van der Waals surface area contributed by atoms with Gasteiger partial charge in [-0.1, -0.05) is 18.2 Å². The molecule has 1 rings (SSSR count). The van der Waals surface area contributed by atoms with E-state index in [0.717, 1.165) is 6.07 Å². The third kappa shape index (κ3) is 4.62. The molecule has 100 valence electrons. The summed E-state index contributed by atoms with van der Waals surface area (Å²) in [6.07, 6.45) is -5.28. The van der Waals surface area contributed by atoms with Gasteiger partial charge in [0.1, 0.15) is 6.61 Å². The van der Waals surface area contributed by atoms with Gasteiger partial charge in [-0.3, -0.25) is 0 Å². The van der Waals surface area contributed by atoms with Crippen molar-refractivity contribution in [3.8, 4) is 0 Å². The Morgan fingerprint density at radius 3 is 2.61 bits per heavy atom. The van der Waals surface area contributed by atoms with Crippen molar-refractivity contribution < 1.29 is 22.7 Å². The first-order valence-electron chi connectivity index (χ1n) is 5.19. The summed E-state index contributed by atoms with van der Waals surface area (Å²) in [5, 5.41) is 2.74. The molecule has 1 amide bonds. The van der Waals surface area contributed by atoms with Gasteiger partial charge in [-0.15, -0.1) is 0 Å². The number of carbonyl (C=O) groups is 1. The maximum absolute atomic E-state index is 12.6. The molecule has 0 fully saturated rings. The van der Waals surface area contributed by atoms with Crippen molar-refractivity contribution >= 4 is 6.09 Å². The van der Waals surface area contributed by atoms with Crippen LogP contribution in [0.25, 0.3) is 0 Å². The SMILES string of the molecule is NC(=O)OCCNCc1ccccc1C(F)(F)F. The van der Waals surface area contributed by atoms with E-state index in [1.54, 1.807) is 0 Å². The zero-order chi connectivity index (χ0) is 13.6. The summed E-state index contributed by atoms with van der Waals surface area (Å²) < 4.78 is 42.3. The summed E-state index contributed by atoms with van der Waals surface area (Å²) in [6, 6.07) is 5.29. The van der Waals surface area contributed by atoms with Gasteiger partial charge < -0.3 is 15.8 Å². The first-order chi connectivity index (χ1) is 8.41. The van der Waals surface area contributed by atoms with Gasteiger partial charge in [-0.25, -0.2) is 4.79 Å². The molecule has 0 spiro atoms. The highest BCUT2D eigenvalue weighted by atomic mass is 19.4. The molecule has 0 radical (unpaired) electrons. The average Bonchev–Trinajstić information content (AvgIpc) is 2.27. The van der Waals surface area contributed by atoms with E-state index in [1.807, 2.05) is 0 Å². The fourth-order valence-electron chi connectivity index (χ4n) is 1.40. The van der Waals surface area contributed by atoms with Gasteiger partial charge in [0.05, 0.1) is 5.56 Å². The maximum atomic E-state index is 12.6. The lowest BCUT2D eigenvalue weighted by Gasteiger charge is -2.13. The second-order valence-corrected chi connectivity index (χ2v) is 3.50. The van der Waals surface area contributed by atoms with Crippen LogP contribution in [0, 0.1) is 0 Å². The van der Waals surface area contributed by atoms with Crippen molar-refractivity contribution in [2.24, 2.45) is 5.73 Å². The third-order valence-electron chi connectivity index (χ3n) is 2.16. The Morgan fingerprint density at radius 1 is 1.33 bits per heavy atom. The summed E-state index contributed by atoms with van der Waals surface area (Å²) in [6.45, 7) is 0.288. The van der Waals surface area contributed by atoms with Gasteiger partial charge in [0.25, 0.3) is 0 Å². The molecule has 18 heavy (non-hydrogen) atoms. The molecule has 7 heteroatoms. The minimum Gasteiger partial charge on any atom is -0.448 e. The van der Waals surface area contributed by atoms with E-state index in [2.05, 4.69) is 10.1 Å². The van der Waals surface area contributed by atoms with Crippen LogP contribution >= 0.6 is 0 Å². The molecule has 1 aromatic rings. The zero-order valence-electron chi connectivity index (χ0n) is 9.46. The molecule has 4 nitrogen and oxygen atoms in total. The Kier molecular flexibility index (Phi) is 4.96. The molecule has 0 aliphatic heterocycles. The largest absolute Gasteiger partial charge is 0.448 e. The molecule has 0 aromatic heterocycles. The topological polar surface area (TPSA) is 64.4 Å². The van der Waals surface area contributed by atoms with Crippen molar-refractivity contribution in [3.63, 3.8) is 0 Å². The minimum absolute atomic E-state index is 0.0174. The molecule has 0 bridgehead atoms. The second-order valence-electron chi connectivity index (χ2n) is 3.50. The standard InChI is InChI=1S/C11H13F3N2O2/c12-11(13,14)9-4-2-1-3-8(9)7-16-5-6-18-10(15)17/h1-4,16H,5-7H2,(H2,15,17). The normalized spacial score (nSPS) is 11.3. The lowest BCUT2D eigenvalue weighted by molar-refractivity contribution is -0.138. The van der Waals surface area contributed by atoms with Gasteiger partial charge >= 0.3 is 12.3 Å². The molecule has 0 saturated heterocycles. The van der Waals surface area contributed by atoms with Gasteiger partial charge in [0.15, 0.2) is 0 Å². The monoisotopic (exact) mass is 262 g/mol. The smallest absolute Gasteiger partial charge is 0.416 e. The summed E-state index contributed by atoms with van der Waals surface area (Å²) >= 11 is 0. The summed E-state index contributed by atoms with van der Waals surface area (Å²) in [7, 11) is 0. The molecule has 0 heterocycles. The average molecular weight is 262 g/mol. The van der Waals surface area contributed by atoms with E-state index in [0.29, 0.717) is 0 Å². The molecular formula is C11H13F3N2O2. The van der Waals surface area contributed by atoms with Gasteiger partial charge in [0.2, 0.25) is 0 Å². The third-order valence-corrected chi connectivity index (χ3v) is 2.16. The number of hydrogen-bond acceptors (Lipinski definition) is 3. The fourth-order valence-corrected chi connectivity index (χ4v) is 1.40. The number of ether oxygens (including phenoxy) is 1. The Morgan fingerprint density at radius 2 is 2.00 bits per heavy atom. The number of nitrogens with one attached hydrogen (secondary N) is 1.